The fourth-order valence-electron chi connectivity index (χ4n) is 2.32. The molecule has 1 atom stereocenters. The van der Waals surface area contributed by atoms with E-state index in [9.17, 15) is 9.59 Å². The molecule has 0 aliphatic heterocycles. The van der Waals surface area contributed by atoms with E-state index < -0.39 is 12.0 Å². The van der Waals surface area contributed by atoms with Gasteiger partial charge in [-0.3, -0.25) is 9.48 Å². The molecule has 0 spiro atoms. The number of nitrogens with zero attached hydrogens (tertiary/aromatic N) is 2. The Labute approximate surface area is 132 Å². The van der Waals surface area contributed by atoms with Crippen LogP contribution >= 0.6 is 11.3 Å². The maximum Gasteiger partial charge on any atom is 0.341 e. The van der Waals surface area contributed by atoms with Crippen LogP contribution in [-0.4, -0.2) is 28.8 Å². The molecule has 2 aromatic rings. The first-order valence-corrected chi connectivity index (χ1v) is 7.99. The fourth-order valence-corrected chi connectivity index (χ4v) is 3.35. The Bertz CT molecular complexity index is 689. The molecule has 22 heavy (non-hydrogen) atoms. The zero-order valence-electron chi connectivity index (χ0n) is 12.4. The van der Waals surface area contributed by atoms with Crippen LogP contribution in [0.25, 0.3) is 0 Å². The van der Waals surface area contributed by atoms with Crippen LogP contribution in [0.2, 0.25) is 0 Å². The van der Waals surface area contributed by atoms with Gasteiger partial charge in [-0.2, -0.15) is 5.10 Å². The molecule has 1 fully saturated rings. The van der Waals surface area contributed by atoms with Crippen LogP contribution in [0, 0.1) is 0 Å². The summed E-state index contributed by atoms with van der Waals surface area (Å²) in [7, 11) is 1.36. The van der Waals surface area contributed by atoms with Crippen molar-refractivity contribution < 1.29 is 14.3 Å². The minimum Gasteiger partial charge on any atom is -0.465 e. The van der Waals surface area contributed by atoms with Crippen molar-refractivity contribution in [2.75, 3.05) is 12.4 Å². The molecule has 6 nitrogen and oxygen atoms in total. The van der Waals surface area contributed by atoms with Gasteiger partial charge in [0, 0.05) is 12.4 Å². The number of carbonyl (C=O) groups is 2. The molecule has 3 rings (SSSR count). The molecule has 7 heteroatoms. The monoisotopic (exact) mass is 319 g/mol. The van der Waals surface area contributed by atoms with Crippen molar-refractivity contribution in [3.63, 3.8) is 0 Å². The lowest BCUT2D eigenvalue weighted by atomic mass is 10.1. The lowest BCUT2D eigenvalue weighted by Gasteiger charge is -2.13. The predicted molar refractivity (Wildman–Crippen MR) is 83.2 cm³/mol. The molecule has 0 radical (unpaired) electrons. The summed E-state index contributed by atoms with van der Waals surface area (Å²) < 4.78 is 6.44. The van der Waals surface area contributed by atoms with Crippen LogP contribution in [0.3, 0.4) is 0 Å². The topological polar surface area (TPSA) is 73.2 Å². The van der Waals surface area contributed by atoms with Crippen LogP contribution in [0.1, 0.15) is 47.6 Å². The molecule has 1 N–H and O–H groups in total. The van der Waals surface area contributed by atoms with Crippen LogP contribution in [-0.2, 0) is 9.53 Å². The number of anilines is 1. The standard InChI is InChI=1S/C15H17N3O3S/c1-9(18-7-3-6-16-18)13(19)17-14-12(15(20)21-2)11(8-22-14)10-4-5-10/h3,6-10H,4-5H2,1-2H3,(H,17,19)/t9-/m0/s1. The van der Waals surface area contributed by atoms with E-state index in [-0.39, 0.29) is 5.91 Å². The lowest BCUT2D eigenvalue weighted by molar-refractivity contribution is -0.119. The fraction of sp³-hybridized carbons (Fsp3) is 0.400. The summed E-state index contributed by atoms with van der Waals surface area (Å²) in [6.07, 6.45) is 5.52. The first-order chi connectivity index (χ1) is 10.6. The molecular weight excluding hydrogens is 302 g/mol. The number of carbonyl (C=O) groups excluding carboxylic acids is 2. The van der Waals surface area contributed by atoms with Crippen LogP contribution in [0.15, 0.2) is 23.8 Å². The molecule has 0 saturated heterocycles. The molecule has 1 amide bonds. The summed E-state index contributed by atoms with van der Waals surface area (Å²) in [6.45, 7) is 1.76. The molecular formula is C15H17N3O3S. The first-order valence-electron chi connectivity index (χ1n) is 7.11. The number of aromatic nitrogens is 2. The lowest BCUT2D eigenvalue weighted by Crippen LogP contribution is -2.24. The second-order valence-corrected chi connectivity index (χ2v) is 6.19. The van der Waals surface area contributed by atoms with Gasteiger partial charge < -0.3 is 10.1 Å². The summed E-state index contributed by atoms with van der Waals surface area (Å²) in [5, 5.41) is 9.39. The molecule has 1 aliphatic rings. The van der Waals surface area contributed by atoms with Gasteiger partial charge in [0.05, 0.1) is 12.7 Å². The maximum atomic E-state index is 12.4. The molecule has 0 unspecified atom stereocenters. The van der Waals surface area contributed by atoms with Crippen molar-refractivity contribution in [2.24, 2.45) is 0 Å². The summed E-state index contributed by atoms with van der Waals surface area (Å²) in [5.74, 6) is -0.192. The van der Waals surface area contributed by atoms with Gasteiger partial charge in [0.15, 0.2) is 0 Å². The Kier molecular flexibility index (Phi) is 3.98. The van der Waals surface area contributed by atoms with E-state index in [4.69, 9.17) is 4.74 Å². The van der Waals surface area contributed by atoms with Crippen molar-refractivity contribution >= 4 is 28.2 Å². The Hall–Kier alpha value is -2.15. The van der Waals surface area contributed by atoms with E-state index in [0.29, 0.717) is 16.5 Å². The Morgan fingerprint density at radius 1 is 1.50 bits per heavy atom. The quantitative estimate of drug-likeness (QED) is 0.860. The van der Waals surface area contributed by atoms with E-state index in [1.807, 2.05) is 5.38 Å². The van der Waals surface area contributed by atoms with E-state index in [2.05, 4.69) is 10.4 Å². The highest BCUT2D eigenvalue weighted by Gasteiger charge is 2.32. The second-order valence-electron chi connectivity index (χ2n) is 5.31. The molecule has 0 bridgehead atoms. The zero-order chi connectivity index (χ0) is 15.7. The molecule has 0 aromatic carbocycles. The van der Waals surface area contributed by atoms with Gasteiger partial charge in [0.2, 0.25) is 5.91 Å². The minimum atomic E-state index is -0.452. The molecule has 2 aromatic heterocycles. The molecule has 2 heterocycles. The first kappa shape index (κ1) is 14.8. The highest BCUT2D eigenvalue weighted by Crippen LogP contribution is 2.46. The van der Waals surface area contributed by atoms with Gasteiger partial charge in [-0.1, -0.05) is 0 Å². The van der Waals surface area contributed by atoms with Crippen molar-refractivity contribution in [3.05, 3.63) is 35.0 Å². The second kappa shape index (κ2) is 5.92. The number of amides is 1. The third-order valence-electron chi connectivity index (χ3n) is 3.76. The average molecular weight is 319 g/mol. The number of rotatable bonds is 5. The number of esters is 1. The van der Waals surface area contributed by atoms with E-state index >= 15 is 0 Å². The number of thiophene rings is 1. The summed E-state index contributed by atoms with van der Waals surface area (Å²) in [6, 6.07) is 1.31. The molecule has 1 aliphatic carbocycles. The number of ether oxygens (including phenoxy) is 1. The number of hydrogen-bond acceptors (Lipinski definition) is 5. The SMILES string of the molecule is COC(=O)c1c(C2CC2)csc1NC(=O)[C@H](C)n1cccn1. The van der Waals surface area contributed by atoms with Crippen LogP contribution < -0.4 is 5.32 Å². The predicted octanol–water partition coefficient (Wildman–Crippen LogP) is 2.81. The largest absolute Gasteiger partial charge is 0.465 e. The third kappa shape index (κ3) is 2.76. The van der Waals surface area contributed by atoms with Crippen LogP contribution in [0.4, 0.5) is 5.00 Å². The van der Waals surface area contributed by atoms with Crippen molar-refractivity contribution in [1.29, 1.82) is 0 Å². The molecule has 1 saturated carbocycles. The molecule has 116 valence electrons. The van der Waals surface area contributed by atoms with E-state index in [0.717, 1.165) is 18.4 Å². The van der Waals surface area contributed by atoms with Gasteiger partial charge in [0.1, 0.15) is 11.0 Å². The van der Waals surface area contributed by atoms with Gasteiger partial charge in [-0.05, 0) is 42.7 Å². The van der Waals surface area contributed by atoms with Gasteiger partial charge in [-0.15, -0.1) is 11.3 Å². The van der Waals surface area contributed by atoms with Gasteiger partial charge in [-0.25, -0.2) is 4.79 Å². The average Bonchev–Trinajstić information content (AvgIpc) is 3.06. The van der Waals surface area contributed by atoms with Crippen LogP contribution in [0.5, 0.6) is 0 Å². The summed E-state index contributed by atoms with van der Waals surface area (Å²) >= 11 is 1.37. The van der Waals surface area contributed by atoms with E-state index in [1.54, 1.807) is 30.1 Å². The van der Waals surface area contributed by atoms with Crippen molar-refractivity contribution in [2.45, 2.75) is 31.7 Å². The number of nitrogens with one attached hydrogen (secondary N) is 1. The summed E-state index contributed by atoms with van der Waals surface area (Å²) in [5.41, 5.74) is 1.48. The maximum absolute atomic E-state index is 12.4. The summed E-state index contributed by atoms with van der Waals surface area (Å²) in [4.78, 5) is 24.4. The number of hydrogen-bond donors (Lipinski definition) is 1. The van der Waals surface area contributed by atoms with Gasteiger partial charge in [0.25, 0.3) is 0 Å². The van der Waals surface area contributed by atoms with E-state index in [1.165, 1.54) is 18.4 Å². The van der Waals surface area contributed by atoms with Crippen molar-refractivity contribution in [3.8, 4) is 0 Å². The van der Waals surface area contributed by atoms with Crippen molar-refractivity contribution in [1.82, 2.24) is 9.78 Å². The normalized spacial score (nSPS) is 15.4. The third-order valence-corrected chi connectivity index (χ3v) is 4.68. The number of methoxy groups -OCH3 is 1. The smallest absolute Gasteiger partial charge is 0.341 e. The Morgan fingerprint density at radius 2 is 2.27 bits per heavy atom. The Balaban J connectivity index is 1.82. The highest BCUT2D eigenvalue weighted by atomic mass is 32.1. The zero-order valence-corrected chi connectivity index (χ0v) is 13.2. The minimum absolute atomic E-state index is 0.210. The Morgan fingerprint density at radius 3 is 2.86 bits per heavy atom. The van der Waals surface area contributed by atoms with Gasteiger partial charge >= 0.3 is 5.97 Å². The highest BCUT2D eigenvalue weighted by molar-refractivity contribution is 7.15.